The molecule has 2 N–H and O–H groups in total. The predicted molar refractivity (Wildman–Crippen MR) is 143 cm³/mol. The van der Waals surface area contributed by atoms with Gasteiger partial charge < -0.3 is 24.7 Å². The van der Waals surface area contributed by atoms with Crippen LogP contribution in [0.25, 0.3) is 0 Å². The van der Waals surface area contributed by atoms with Gasteiger partial charge in [0, 0.05) is 6.42 Å². The Balaban J connectivity index is 2.97. The SMILES string of the molecule is CC(C)CC(=O)OC[C@H](C)OC(=O)[C@@H](N)Cc1ccc(OC(=O)C(C)C(C)C)c(OC(=O)C(C)C(C)C)c1. The summed E-state index contributed by atoms with van der Waals surface area (Å²) in [4.78, 5) is 49.5. The summed E-state index contributed by atoms with van der Waals surface area (Å²) >= 11 is 0. The second-order valence-electron chi connectivity index (χ2n) is 11.0. The molecule has 4 atom stereocenters. The summed E-state index contributed by atoms with van der Waals surface area (Å²) in [6, 6.07) is 3.70. The van der Waals surface area contributed by atoms with E-state index in [0.29, 0.717) is 5.56 Å². The first kappa shape index (κ1) is 33.1. The van der Waals surface area contributed by atoms with E-state index in [9.17, 15) is 19.2 Å². The number of nitrogens with two attached hydrogens (primary N) is 1. The van der Waals surface area contributed by atoms with Crippen LogP contribution in [0.2, 0.25) is 0 Å². The number of ether oxygens (including phenoxy) is 4. The van der Waals surface area contributed by atoms with E-state index in [1.165, 1.54) is 12.1 Å². The fourth-order valence-electron chi connectivity index (χ4n) is 3.05. The van der Waals surface area contributed by atoms with Crippen molar-refractivity contribution in [1.82, 2.24) is 0 Å². The van der Waals surface area contributed by atoms with Crippen molar-refractivity contribution in [3.63, 3.8) is 0 Å². The average Bonchev–Trinajstić information content (AvgIpc) is 2.82. The van der Waals surface area contributed by atoms with Gasteiger partial charge in [0.1, 0.15) is 18.8 Å². The van der Waals surface area contributed by atoms with Gasteiger partial charge in [-0.25, -0.2) is 0 Å². The molecular formula is C29H45NO8. The molecule has 0 aliphatic rings. The van der Waals surface area contributed by atoms with Gasteiger partial charge in [0.2, 0.25) is 0 Å². The van der Waals surface area contributed by atoms with E-state index in [-0.39, 0.29) is 66.5 Å². The molecule has 1 aromatic rings. The summed E-state index contributed by atoms with van der Waals surface area (Å²) < 4.78 is 21.6. The number of esters is 4. The number of carbonyl (C=O) groups is 4. The second-order valence-corrected chi connectivity index (χ2v) is 11.0. The summed E-state index contributed by atoms with van der Waals surface area (Å²) in [6.07, 6.45) is -0.298. The molecule has 0 radical (unpaired) electrons. The van der Waals surface area contributed by atoms with Gasteiger partial charge >= 0.3 is 23.9 Å². The normalized spacial score (nSPS) is 14.6. The van der Waals surface area contributed by atoms with E-state index >= 15 is 0 Å². The quantitative estimate of drug-likeness (QED) is 0.271. The smallest absolute Gasteiger partial charge is 0.323 e. The fourth-order valence-corrected chi connectivity index (χ4v) is 3.05. The van der Waals surface area contributed by atoms with E-state index < -0.39 is 30.1 Å². The van der Waals surface area contributed by atoms with Crippen molar-refractivity contribution < 1.29 is 38.1 Å². The Hall–Kier alpha value is -2.94. The fraction of sp³-hybridized carbons (Fsp3) is 0.655. The lowest BCUT2D eigenvalue weighted by Crippen LogP contribution is -2.37. The Labute approximate surface area is 226 Å². The molecule has 1 aromatic carbocycles. The first-order chi connectivity index (χ1) is 17.6. The number of carbonyl (C=O) groups excluding carboxylic acids is 4. The minimum atomic E-state index is -1.02. The Kier molecular flexibility index (Phi) is 13.5. The molecule has 1 rings (SSSR count). The van der Waals surface area contributed by atoms with Crippen molar-refractivity contribution in [3.05, 3.63) is 23.8 Å². The first-order valence-electron chi connectivity index (χ1n) is 13.3. The van der Waals surface area contributed by atoms with Crippen molar-refractivity contribution in [1.29, 1.82) is 0 Å². The maximum absolute atomic E-state index is 12.7. The molecule has 0 bridgehead atoms. The molecule has 2 unspecified atom stereocenters. The molecule has 0 heterocycles. The van der Waals surface area contributed by atoms with Crippen LogP contribution in [0.3, 0.4) is 0 Å². The maximum Gasteiger partial charge on any atom is 0.323 e. The molecule has 0 aromatic heterocycles. The van der Waals surface area contributed by atoms with Crippen molar-refractivity contribution in [2.24, 2.45) is 35.3 Å². The highest BCUT2D eigenvalue weighted by atomic mass is 16.6. The molecule has 0 aliphatic heterocycles. The van der Waals surface area contributed by atoms with Gasteiger partial charge in [-0.2, -0.15) is 0 Å². The largest absolute Gasteiger partial charge is 0.462 e. The summed E-state index contributed by atoms with van der Waals surface area (Å²) in [6.45, 7) is 16.5. The number of hydrogen-bond donors (Lipinski definition) is 1. The highest BCUT2D eigenvalue weighted by Crippen LogP contribution is 2.31. The van der Waals surface area contributed by atoms with E-state index in [1.807, 2.05) is 41.5 Å². The lowest BCUT2D eigenvalue weighted by molar-refractivity contribution is -0.159. The lowest BCUT2D eigenvalue weighted by atomic mass is 9.98. The Morgan fingerprint density at radius 1 is 0.763 bits per heavy atom. The molecule has 0 fully saturated rings. The number of hydrogen-bond acceptors (Lipinski definition) is 9. The highest BCUT2D eigenvalue weighted by Gasteiger charge is 2.25. The third kappa shape index (κ3) is 11.2. The van der Waals surface area contributed by atoms with Crippen LogP contribution in [0.15, 0.2) is 18.2 Å². The lowest BCUT2D eigenvalue weighted by Gasteiger charge is -2.20. The zero-order chi connectivity index (χ0) is 29.2. The standard InChI is InChI=1S/C29H45NO8/c1-16(2)12-26(31)35-15-19(7)36-29(34)23(30)13-22-10-11-24(37-27(32)20(8)17(3)4)25(14-22)38-28(33)21(9)18(5)6/h10-11,14,16-21,23H,12-13,15,30H2,1-9H3/t19-,20?,21?,23-/m0/s1. The predicted octanol–water partition coefficient (Wildman–Crippen LogP) is 4.47. The van der Waals surface area contributed by atoms with Crippen molar-refractivity contribution in [3.8, 4) is 11.5 Å². The zero-order valence-electron chi connectivity index (χ0n) is 24.2. The van der Waals surface area contributed by atoms with Crippen LogP contribution in [0, 0.1) is 29.6 Å². The Morgan fingerprint density at radius 3 is 1.79 bits per heavy atom. The molecule has 9 nitrogen and oxygen atoms in total. The third-order valence-electron chi connectivity index (χ3n) is 6.30. The molecule has 9 heteroatoms. The summed E-state index contributed by atoms with van der Waals surface area (Å²) in [7, 11) is 0. The summed E-state index contributed by atoms with van der Waals surface area (Å²) in [5.41, 5.74) is 6.66. The van der Waals surface area contributed by atoms with Gasteiger partial charge in [0.05, 0.1) is 11.8 Å². The van der Waals surface area contributed by atoms with E-state index in [2.05, 4.69) is 0 Å². The minimum Gasteiger partial charge on any atom is -0.462 e. The van der Waals surface area contributed by atoms with E-state index in [1.54, 1.807) is 26.8 Å². The molecule has 0 spiro atoms. The van der Waals surface area contributed by atoms with E-state index in [4.69, 9.17) is 24.7 Å². The summed E-state index contributed by atoms with van der Waals surface area (Å²) in [5, 5.41) is 0. The van der Waals surface area contributed by atoms with Crippen molar-refractivity contribution in [2.45, 2.75) is 87.3 Å². The van der Waals surface area contributed by atoms with Crippen LogP contribution in [0.4, 0.5) is 0 Å². The van der Waals surface area contributed by atoms with Crippen LogP contribution in [0.1, 0.15) is 74.3 Å². The average molecular weight is 536 g/mol. The minimum absolute atomic E-state index is 0.0486. The van der Waals surface area contributed by atoms with Gasteiger partial charge in [-0.1, -0.05) is 61.5 Å². The molecule has 38 heavy (non-hydrogen) atoms. The third-order valence-corrected chi connectivity index (χ3v) is 6.30. The summed E-state index contributed by atoms with van der Waals surface area (Å²) in [5.74, 6) is -2.19. The molecule has 0 saturated carbocycles. The van der Waals surface area contributed by atoms with Crippen LogP contribution >= 0.6 is 0 Å². The molecular weight excluding hydrogens is 490 g/mol. The van der Waals surface area contributed by atoms with Crippen LogP contribution in [-0.4, -0.2) is 42.6 Å². The Morgan fingerprint density at radius 2 is 1.29 bits per heavy atom. The molecule has 214 valence electrons. The van der Waals surface area contributed by atoms with Crippen molar-refractivity contribution in [2.75, 3.05) is 6.61 Å². The molecule has 0 aliphatic carbocycles. The Bertz CT molecular complexity index is 956. The van der Waals surface area contributed by atoms with Crippen LogP contribution in [-0.2, 0) is 35.1 Å². The van der Waals surface area contributed by atoms with Gasteiger partial charge in [-0.05, 0) is 48.8 Å². The van der Waals surface area contributed by atoms with Gasteiger partial charge in [-0.3, -0.25) is 19.2 Å². The molecule has 0 saturated heterocycles. The van der Waals surface area contributed by atoms with Gasteiger partial charge in [-0.15, -0.1) is 0 Å². The number of rotatable bonds is 14. The molecule has 0 amide bonds. The van der Waals surface area contributed by atoms with E-state index in [0.717, 1.165) is 0 Å². The van der Waals surface area contributed by atoms with Gasteiger partial charge in [0.15, 0.2) is 11.5 Å². The zero-order valence-corrected chi connectivity index (χ0v) is 24.2. The second kappa shape index (κ2) is 15.5. The maximum atomic E-state index is 12.7. The van der Waals surface area contributed by atoms with Crippen molar-refractivity contribution >= 4 is 23.9 Å². The number of benzene rings is 1. The van der Waals surface area contributed by atoms with Crippen LogP contribution in [0.5, 0.6) is 11.5 Å². The van der Waals surface area contributed by atoms with Crippen LogP contribution < -0.4 is 15.2 Å². The van der Waals surface area contributed by atoms with Gasteiger partial charge in [0.25, 0.3) is 0 Å². The monoisotopic (exact) mass is 535 g/mol. The first-order valence-corrected chi connectivity index (χ1v) is 13.3. The highest BCUT2D eigenvalue weighted by molar-refractivity contribution is 5.79. The topological polar surface area (TPSA) is 131 Å².